The zero-order valence-electron chi connectivity index (χ0n) is 12.5. The minimum absolute atomic E-state index is 0.155. The second kappa shape index (κ2) is 6.39. The molecule has 0 bridgehead atoms. The van der Waals surface area contributed by atoms with Gasteiger partial charge in [-0.15, -0.1) is 0 Å². The van der Waals surface area contributed by atoms with E-state index in [9.17, 15) is 4.79 Å². The Balaban J connectivity index is 1.71. The van der Waals surface area contributed by atoms with Gasteiger partial charge in [0.1, 0.15) is 5.75 Å². The standard InChI is InChI=1S/C17H22BrNO2/c1-21-16-7-6-13(10-15(16)18)17(20)19-9-8-12-4-2-3-5-14(12)11-19/h6-7,10,12,14H,2-5,8-9,11H2,1H3/t12-,14+/m1/s1. The van der Waals surface area contributed by atoms with Crippen molar-refractivity contribution >= 4 is 21.8 Å². The highest BCUT2D eigenvalue weighted by Crippen LogP contribution is 2.36. The third-order valence-electron chi connectivity index (χ3n) is 4.98. The van der Waals surface area contributed by atoms with E-state index in [0.29, 0.717) is 0 Å². The number of methoxy groups -OCH3 is 1. The molecule has 21 heavy (non-hydrogen) atoms. The Hall–Kier alpha value is -1.03. The van der Waals surface area contributed by atoms with E-state index in [1.54, 1.807) is 7.11 Å². The van der Waals surface area contributed by atoms with Gasteiger partial charge in [0.2, 0.25) is 0 Å². The molecule has 1 saturated heterocycles. The Morgan fingerprint density at radius 1 is 1.24 bits per heavy atom. The molecule has 114 valence electrons. The van der Waals surface area contributed by atoms with Crippen LogP contribution < -0.4 is 4.74 Å². The van der Waals surface area contributed by atoms with E-state index in [1.807, 2.05) is 23.1 Å². The van der Waals surface area contributed by atoms with Gasteiger partial charge in [0, 0.05) is 18.7 Å². The van der Waals surface area contributed by atoms with E-state index >= 15 is 0 Å². The van der Waals surface area contributed by atoms with Crippen LogP contribution in [0.2, 0.25) is 0 Å². The average molecular weight is 352 g/mol. The average Bonchev–Trinajstić information content (AvgIpc) is 2.53. The van der Waals surface area contributed by atoms with Crippen LogP contribution in [0.1, 0.15) is 42.5 Å². The van der Waals surface area contributed by atoms with Crippen LogP contribution in [0.3, 0.4) is 0 Å². The second-order valence-corrected chi connectivity index (χ2v) is 7.05. The number of halogens is 1. The van der Waals surface area contributed by atoms with Crippen LogP contribution in [-0.4, -0.2) is 31.0 Å². The smallest absolute Gasteiger partial charge is 0.253 e. The first-order chi connectivity index (χ1) is 10.2. The molecule has 0 spiro atoms. The molecule has 0 aromatic heterocycles. The summed E-state index contributed by atoms with van der Waals surface area (Å²) in [5.41, 5.74) is 0.747. The molecule has 1 saturated carbocycles. The van der Waals surface area contributed by atoms with E-state index in [2.05, 4.69) is 15.9 Å². The van der Waals surface area contributed by atoms with Gasteiger partial charge in [0.25, 0.3) is 5.91 Å². The van der Waals surface area contributed by atoms with E-state index < -0.39 is 0 Å². The molecule has 1 aromatic rings. The lowest BCUT2D eigenvalue weighted by molar-refractivity contribution is 0.0521. The largest absolute Gasteiger partial charge is 0.496 e. The van der Waals surface area contributed by atoms with Crippen LogP contribution >= 0.6 is 15.9 Å². The van der Waals surface area contributed by atoms with Gasteiger partial charge in [-0.05, 0) is 58.8 Å². The van der Waals surface area contributed by atoms with Gasteiger partial charge in [-0.1, -0.05) is 19.3 Å². The normalized spacial score (nSPS) is 25.3. The Morgan fingerprint density at radius 3 is 2.71 bits per heavy atom. The summed E-state index contributed by atoms with van der Waals surface area (Å²) in [5, 5.41) is 0. The molecule has 1 amide bonds. The highest BCUT2D eigenvalue weighted by atomic mass is 79.9. The Morgan fingerprint density at radius 2 is 2.00 bits per heavy atom. The van der Waals surface area contributed by atoms with Gasteiger partial charge in [0.15, 0.2) is 0 Å². The molecule has 0 N–H and O–H groups in total. The van der Waals surface area contributed by atoms with Crippen molar-refractivity contribution in [3.05, 3.63) is 28.2 Å². The number of rotatable bonds is 2. The van der Waals surface area contributed by atoms with Crippen molar-refractivity contribution in [2.45, 2.75) is 32.1 Å². The summed E-state index contributed by atoms with van der Waals surface area (Å²) >= 11 is 3.46. The Labute approximate surface area is 134 Å². The molecular formula is C17H22BrNO2. The van der Waals surface area contributed by atoms with Crippen molar-refractivity contribution in [2.24, 2.45) is 11.8 Å². The molecule has 3 rings (SSSR count). The molecule has 1 heterocycles. The number of ether oxygens (including phenoxy) is 1. The first kappa shape index (κ1) is 14.9. The van der Waals surface area contributed by atoms with Crippen LogP contribution in [0.4, 0.5) is 0 Å². The molecule has 0 unspecified atom stereocenters. The minimum Gasteiger partial charge on any atom is -0.496 e. The number of hydrogen-bond acceptors (Lipinski definition) is 2. The molecular weight excluding hydrogens is 330 g/mol. The number of piperidine rings is 1. The highest BCUT2D eigenvalue weighted by Gasteiger charge is 2.33. The van der Waals surface area contributed by atoms with E-state index in [4.69, 9.17) is 4.74 Å². The maximum Gasteiger partial charge on any atom is 0.253 e. The maximum atomic E-state index is 12.7. The van der Waals surface area contributed by atoms with Crippen molar-refractivity contribution < 1.29 is 9.53 Å². The number of likely N-dealkylation sites (tertiary alicyclic amines) is 1. The van der Waals surface area contributed by atoms with Crippen LogP contribution in [-0.2, 0) is 0 Å². The fourth-order valence-corrected chi connectivity index (χ4v) is 4.31. The van der Waals surface area contributed by atoms with Gasteiger partial charge in [-0.25, -0.2) is 0 Å². The summed E-state index contributed by atoms with van der Waals surface area (Å²) in [6.07, 6.45) is 6.53. The number of amides is 1. The number of benzene rings is 1. The summed E-state index contributed by atoms with van der Waals surface area (Å²) in [5.74, 6) is 2.49. The lowest BCUT2D eigenvalue weighted by Gasteiger charge is -2.41. The van der Waals surface area contributed by atoms with Crippen molar-refractivity contribution in [2.75, 3.05) is 20.2 Å². The fraction of sp³-hybridized carbons (Fsp3) is 0.588. The zero-order chi connectivity index (χ0) is 14.8. The molecule has 2 fully saturated rings. The molecule has 1 aromatic carbocycles. The summed E-state index contributed by atoms with van der Waals surface area (Å²) in [7, 11) is 1.63. The third kappa shape index (κ3) is 3.10. The summed E-state index contributed by atoms with van der Waals surface area (Å²) in [4.78, 5) is 14.7. The lowest BCUT2D eigenvalue weighted by Crippen LogP contribution is -2.44. The van der Waals surface area contributed by atoms with Gasteiger partial charge in [-0.2, -0.15) is 0 Å². The number of nitrogens with zero attached hydrogens (tertiary/aromatic N) is 1. The first-order valence-electron chi connectivity index (χ1n) is 7.82. The topological polar surface area (TPSA) is 29.5 Å². The van der Waals surface area contributed by atoms with Crippen molar-refractivity contribution in [1.29, 1.82) is 0 Å². The van der Waals surface area contributed by atoms with Gasteiger partial charge in [-0.3, -0.25) is 4.79 Å². The molecule has 1 aliphatic heterocycles. The predicted octanol–water partition coefficient (Wildman–Crippen LogP) is 4.11. The van der Waals surface area contributed by atoms with Gasteiger partial charge in [0.05, 0.1) is 11.6 Å². The Kier molecular flexibility index (Phi) is 4.53. The van der Waals surface area contributed by atoms with Crippen LogP contribution in [0, 0.1) is 11.8 Å². The number of carbonyl (C=O) groups excluding carboxylic acids is 1. The predicted molar refractivity (Wildman–Crippen MR) is 86.7 cm³/mol. The van der Waals surface area contributed by atoms with Gasteiger partial charge < -0.3 is 9.64 Å². The fourth-order valence-electron chi connectivity index (χ4n) is 3.77. The van der Waals surface area contributed by atoms with E-state index in [1.165, 1.54) is 32.1 Å². The highest BCUT2D eigenvalue weighted by molar-refractivity contribution is 9.10. The second-order valence-electron chi connectivity index (χ2n) is 6.19. The SMILES string of the molecule is COc1ccc(C(=O)N2CC[C@H]3CCCC[C@H]3C2)cc1Br. The summed E-state index contributed by atoms with van der Waals surface area (Å²) < 4.78 is 6.06. The van der Waals surface area contributed by atoms with Crippen LogP contribution in [0.5, 0.6) is 5.75 Å². The maximum absolute atomic E-state index is 12.7. The number of fused-ring (bicyclic) bond motifs is 1. The monoisotopic (exact) mass is 351 g/mol. The van der Waals surface area contributed by atoms with Gasteiger partial charge >= 0.3 is 0 Å². The third-order valence-corrected chi connectivity index (χ3v) is 5.60. The lowest BCUT2D eigenvalue weighted by atomic mass is 9.75. The molecule has 4 heteroatoms. The number of carbonyl (C=O) groups is 1. The van der Waals surface area contributed by atoms with E-state index in [-0.39, 0.29) is 5.91 Å². The quantitative estimate of drug-likeness (QED) is 0.802. The first-order valence-corrected chi connectivity index (χ1v) is 8.61. The minimum atomic E-state index is 0.155. The van der Waals surface area contributed by atoms with Crippen molar-refractivity contribution in [3.8, 4) is 5.75 Å². The van der Waals surface area contributed by atoms with Crippen molar-refractivity contribution in [1.82, 2.24) is 4.90 Å². The van der Waals surface area contributed by atoms with Crippen LogP contribution in [0.15, 0.2) is 22.7 Å². The van der Waals surface area contributed by atoms with Crippen LogP contribution in [0.25, 0.3) is 0 Å². The molecule has 1 aliphatic carbocycles. The summed E-state index contributed by atoms with van der Waals surface area (Å²) in [6.45, 7) is 1.84. The summed E-state index contributed by atoms with van der Waals surface area (Å²) in [6, 6.07) is 5.58. The zero-order valence-corrected chi connectivity index (χ0v) is 14.1. The molecule has 2 aliphatic rings. The number of hydrogen-bond donors (Lipinski definition) is 0. The molecule has 3 nitrogen and oxygen atoms in total. The van der Waals surface area contributed by atoms with E-state index in [0.717, 1.165) is 40.7 Å². The molecule has 2 atom stereocenters. The Bertz CT molecular complexity index is 532. The molecule has 0 radical (unpaired) electrons. The van der Waals surface area contributed by atoms with Crippen molar-refractivity contribution in [3.63, 3.8) is 0 Å².